The molecule has 0 aromatic carbocycles. The Balaban J connectivity index is 4.73. The molecule has 0 amide bonds. The Kier molecular flexibility index (Phi) is 8.89. The number of nitrogens with one attached hydrogen (secondary N) is 1. The summed E-state index contributed by atoms with van der Waals surface area (Å²) in [5, 5.41) is 3.79. The largest absolute Gasteiger partial charge is 0.312 e. The van der Waals surface area contributed by atoms with Gasteiger partial charge in [-0.1, -0.05) is 40.5 Å². The summed E-state index contributed by atoms with van der Waals surface area (Å²) in [4.78, 5) is 2.40. The molecule has 1 N–H and O–H groups in total. The van der Waals surface area contributed by atoms with E-state index in [-0.39, 0.29) is 5.54 Å². The maximum Gasteiger partial charge on any atom is 0.0325 e. The van der Waals surface area contributed by atoms with Crippen molar-refractivity contribution in [3.63, 3.8) is 0 Å². The third-order valence-electron chi connectivity index (χ3n) is 4.55. The Hall–Kier alpha value is -0.0800. The van der Waals surface area contributed by atoms with Crippen molar-refractivity contribution in [2.45, 2.75) is 78.3 Å². The number of rotatable bonds is 10. The molecule has 0 aliphatic rings. The first-order valence-electron chi connectivity index (χ1n) is 7.83. The predicted molar refractivity (Wildman–Crippen MR) is 83.2 cm³/mol. The lowest BCUT2D eigenvalue weighted by molar-refractivity contribution is 0.0987. The Labute approximate surface area is 116 Å². The van der Waals surface area contributed by atoms with Crippen LogP contribution in [0.25, 0.3) is 0 Å². The fourth-order valence-corrected chi connectivity index (χ4v) is 2.76. The summed E-state index contributed by atoms with van der Waals surface area (Å²) < 4.78 is 0. The van der Waals surface area contributed by atoms with Crippen LogP contribution in [0.3, 0.4) is 0 Å². The molecule has 0 aromatic heterocycles. The lowest BCUT2D eigenvalue weighted by atomic mass is 9.81. The van der Waals surface area contributed by atoms with Crippen LogP contribution in [-0.4, -0.2) is 37.1 Å². The highest BCUT2D eigenvalue weighted by molar-refractivity contribution is 4.94. The molecule has 0 spiro atoms. The molecule has 0 aromatic rings. The highest BCUT2D eigenvalue weighted by Gasteiger charge is 2.34. The van der Waals surface area contributed by atoms with Gasteiger partial charge in [0.05, 0.1) is 0 Å². The Morgan fingerprint density at radius 2 is 1.72 bits per heavy atom. The standard InChI is InChI=1S/C16H36N2/c1-8-11-14(4)13-15(17-12-9-2)16(5,10-3)18(6)7/h14-15,17H,8-13H2,1-7H3. The number of likely N-dealkylation sites (N-methyl/N-ethyl adjacent to an activating group) is 1. The lowest BCUT2D eigenvalue weighted by Crippen LogP contribution is -2.57. The number of nitrogens with zero attached hydrogens (tertiary/aromatic N) is 1. The smallest absolute Gasteiger partial charge is 0.0325 e. The first-order valence-corrected chi connectivity index (χ1v) is 7.83. The zero-order valence-corrected chi connectivity index (χ0v) is 13.8. The molecule has 18 heavy (non-hydrogen) atoms. The lowest BCUT2D eigenvalue weighted by Gasteiger charge is -2.44. The van der Waals surface area contributed by atoms with Gasteiger partial charge in [-0.15, -0.1) is 0 Å². The quantitative estimate of drug-likeness (QED) is 0.637. The summed E-state index contributed by atoms with van der Waals surface area (Å²) in [6.45, 7) is 12.8. The van der Waals surface area contributed by atoms with E-state index in [0.717, 1.165) is 12.5 Å². The van der Waals surface area contributed by atoms with E-state index in [1.807, 2.05) is 0 Å². The third kappa shape index (κ3) is 5.27. The Morgan fingerprint density at radius 3 is 2.11 bits per heavy atom. The highest BCUT2D eigenvalue weighted by Crippen LogP contribution is 2.27. The van der Waals surface area contributed by atoms with E-state index in [4.69, 9.17) is 0 Å². The van der Waals surface area contributed by atoms with Crippen LogP contribution in [-0.2, 0) is 0 Å². The molecule has 0 bridgehead atoms. The average Bonchev–Trinajstić information content (AvgIpc) is 2.33. The first-order chi connectivity index (χ1) is 8.42. The van der Waals surface area contributed by atoms with E-state index in [1.54, 1.807) is 0 Å². The van der Waals surface area contributed by atoms with Crippen LogP contribution in [0.5, 0.6) is 0 Å². The zero-order chi connectivity index (χ0) is 14.2. The SMILES string of the molecule is CCCNC(CC(C)CCC)C(C)(CC)N(C)C. The summed E-state index contributed by atoms with van der Waals surface area (Å²) in [5.41, 5.74) is 0.261. The molecule has 0 radical (unpaired) electrons. The Bertz CT molecular complexity index is 203. The monoisotopic (exact) mass is 256 g/mol. The van der Waals surface area contributed by atoms with Gasteiger partial charge in [-0.3, -0.25) is 0 Å². The van der Waals surface area contributed by atoms with Crippen LogP contribution >= 0.6 is 0 Å². The average molecular weight is 256 g/mol. The highest BCUT2D eigenvalue weighted by atomic mass is 15.2. The summed E-state index contributed by atoms with van der Waals surface area (Å²) in [6.07, 6.45) is 6.34. The van der Waals surface area contributed by atoms with Crippen molar-refractivity contribution >= 4 is 0 Å². The number of hydrogen-bond donors (Lipinski definition) is 1. The van der Waals surface area contributed by atoms with Crippen molar-refractivity contribution < 1.29 is 0 Å². The van der Waals surface area contributed by atoms with E-state index in [0.29, 0.717) is 6.04 Å². The van der Waals surface area contributed by atoms with Crippen LogP contribution in [0.2, 0.25) is 0 Å². The molecule has 0 saturated heterocycles. The van der Waals surface area contributed by atoms with Crippen LogP contribution in [0.15, 0.2) is 0 Å². The van der Waals surface area contributed by atoms with Gasteiger partial charge < -0.3 is 10.2 Å². The second-order valence-corrected chi connectivity index (χ2v) is 6.24. The molecule has 2 heteroatoms. The Morgan fingerprint density at radius 1 is 1.11 bits per heavy atom. The molecule has 0 saturated carbocycles. The van der Waals surface area contributed by atoms with Gasteiger partial charge in [0, 0.05) is 11.6 Å². The van der Waals surface area contributed by atoms with Crippen molar-refractivity contribution in [3.8, 4) is 0 Å². The topological polar surface area (TPSA) is 15.3 Å². The predicted octanol–water partition coefficient (Wildman–Crippen LogP) is 3.91. The van der Waals surface area contributed by atoms with E-state index < -0.39 is 0 Å². The van der Waals surface area contributed by atoms with Gasteiger partial charge in [0.15, 0.2) is 0 Å². The van der Waals surface area contributed by atoms with Gasteiger partial charge >= 0.3 is 0 Å². The van der Waals surface area contributed by atoms with Gasteiger partial charge in [0.1, 0.15) is 0 Å². The van der Waals surface area contributed by atoms with Crippen LogP contribution in [0.4, 0.5) is 0 Å². The summed E-state index contributed by atoms with van der Waals surface area (Å²) >= 11 is 0. The molecule has 0 aliphatic heterocycles. The summed E-state index contributed by atoms with van der Waals surface area (Å²) in [7, 11) is 4.43. The molecule has 110 valence electrons. The van der Waals surface area contributed by atoms with Crippen molar-refractivity contribution in [2.75, 3.05) is 20.6 Å². The van der Waals surface area contributed by atoms with Crippen LogP contribution in [0.1, 0.15) is 66.7 Å². The van der Waals surface area contributed by atoms with E-state index in [1.165, 1.54) is 32.1 Å². The first kappa shape index (κ1) is 17.9. The van der Waals surface area contributed by atoms with Gasteiger partial charge in [-0.05, 0) is 52.7 Å². The minimum absolute atomic E-state index is 0.261. The van der Waals surface area contributed by atoms with Gasteiger partial charge in [0.25, 0.3) is 0 Å². The molecule has 0 aliphatic carbocycles. The molecule has 3 atom stereocenters. The second-order valence-electron chi connectivity index (χ2n) is 6.24. The third-order valence-corrected chi connectivity index (χ3v) is 4.55. The molecule has 3 unspecified atom stereocenters. The molecule has 0 rings (SSSR count). The van der Waals surface area contributed by atoms with Crippen LogP contribution < -0.4 is 5.32 Å². The van der Waals surface area contributed by atoms with Crippen LogP contribution in [0, 0.1) is 5.92 Å². The minimum Gasteiger partial charge on any atom is -0.312 e. The van der Waals surface area contributed by atoms with Gasteiger partial charge in [0.2, 0.25) is 0 Å². The maximum absolute atomic E-state index is 3.79. The summed E-state index contributed by atoms with van der Waals surface area (Å²) in [5.74, 6) is 0.815. The molecular formula is C16H36N2. The second kappa shape index (κ2) is 8.92. The van der Waals surface area contributed by atoms with Crippen molar-refractivity contribution in [3.05, 3.63) is 0 Å². The van der Waals surface area contributed by atoms with Crippen molar-refractivity contribution in [1.82, 2.24) is 10.2 Å². The van der Waals surface area contributed by atoms with E-state index in [2.05, 4.69) is 58.9 Å². The summed E-state index contributed by atoms with van der Waals surface area (Å²) in [6, 6.07) is 0.596. The van der Waals surface area contributed by atoms with Crippen molar-refractivity contribution in [1.29, 1.82) is 0 Å². The van der Waals surface area contributed by atoms with Gasteiger partial charge in [-0.25, -0.2) is 0 Å². The molecule has 0 fully saturated rings. The van der Waals surface area contributed by atoms with Gasteiger partial charge in [-0.2, -0.15) is 0 Å². The minimum atomic E-state index is 0.261. The molecule has 0 heterocycles. The molecule has 2 nitrogen and oxygen atoms in total. The van der Waals surface area contributed by atoms with E-state index in [9.17, 15) is 0 Å². The fraction of sp³-hybridized carbons (Fsp3) is 1.00. The normalized spacial score (nSPS) is 18.7. The number of hydrogen-bond acceptors (Lipinski definition) is 2. The fourth-order valence-electron chi connectivity index (χ4n) is 2.76. The maximum atomic E-state index is 3.79. The zero-order valence-electron chi connectivity index (χ0n) is 13.8. The van der Waals surface area contributed by atoms with E-state index >= 15 is 0 Å². The molecular weight excluding hydrogens is 220 g/mol. The van der Waals surface area contributed by atoms with Crippen molar-refractivity contribution in [2.24, 2.45) is 5.92 Å².